The molecular formula is C14H21BrN2O2. The minimum Gasteiger partial charge on any atom is -0.479 e. The van der Waals surface area contributed by atoms with E-state index in [0.717, 1.165) is 10.0 Å². The van der Waals surface area contributed by atoms with Crippen LogP contribution in [0.5, 0.6) is 5.75 Å². The van der Waals surface area contributed by atoms with Crippen molar-refractivity contribution in [1.29, 1.82) is 0 Å². The van der Waals surface area contributed by atoms with Crippen LogP contribution >= 0.6 is 15.9 Å². The van der Waals surface area contributed by atoms with Crippen LogP contribution in [0.25, 0.3) is 0 Å². The van der Waals surface area contributed by atoms with Gasteiger partial charge in [0.25, 0.3) is 5.91 Å². The summed E-state index contributed by atoms with van der Waals surface area (Å²) in [6.45, 7) is 3.69. The lowest BCUT2D eigenvalue weighted by Crippen LogP contribution is -2.35. The van der Waals surface area contributed by atoms with Gasteiger partial charge < -0.3 is 15.4 Å². The SMILES string of the molecule is CC(N)Cc1cccc(Br)c1OC(C)C(=O)N(C)C. The molecule has 0 saturated heterocycles. The maximum Gasteiger partial charge on any atom is 0.262 e. The molecule has 1 aromatic carbocycles. The van der Waals surface area contributed by atoms with Gasteiger partial charge in [-0.1, -0.05) is 12.1 Å². The fourth-order valence-electron chi connectivity index (χ4n) is 1.78. The second-order valence-corrected chi connectivity index (χ2v) is 5.76. The number of para-hydroxylation sites is 1. The first kappa shape index (κ1) is 16.0. The summed E-state index contributed by atoms with van der Waals surface area (Å²) >= 11 is 3.46. The molecule has 2 N–H and O–H groups in total. The molecule has 106 valence electrons. The Morgan fingerprint density at radius 3 is 2.58 bits per heavy atom. The normalized spacial score (nSPS) is 13.8. The van der Waals surface area contributed by atoms with Gasteiger partial charge >= 0.3 is 0 Å². The summed E-state index contributed by atoms with van der Waals surface area (Å²) in [5.74, 6) is 0.630. The average molecular weight is 329 g/mol. The van der Waals surface area contributed by atoms with E-state index in [2.05, 4.69) is 15.9 Å². The van der Waals surface area contributed by atoms with Crippen LogP contribution in [0.4, 0.5) is 0 Å². The van der Waals surface area contributed by atoms with E-state index < -0.39 is 6.10 Å². The van der Waals surface area contributed by atoms with Gasteiger partial charge in [-0.2, -0.15) is 0 Å². The number of halogens is 1. The van der Waals surface area contributed by atoms with E-state index in [1.807, 2.05) is 25.1 Å². The first-order valence-electron chi connectivity index (χ1n) is 6.23. The van der Waals surface area contributed by atoms with Crippen molar-refractivity contribution in [1.82, 2.24) is 4.90 Å². The quantitative estimate of drug-likeness (QED) is 0.901. The Kier molecular flexibility index (Phi) is 5.82. The third-order valence-electron chi connectivity index (χ3n) is 2.67. The van der Waals surface area contributed by atoms with Crippen LogP contribution in [-0.4, -0.2) is 37.0 Å². The van der Waals surface area contributed by atoms with Crippen LogP contribution < -0.4 is 10.5 Å². The number of carbonyl (C=O) groups excluding carboxylic acids is 1. The average Bonchev–Trinajstić information content (AvgIpc) is 2.31. The molecule has 0 saturated carbocycles. The molecule has 0 bridgehead atoms. The van der Waals surface area contributed by atoms with Crippen molar-refractivity contribution < 1.29 is 9.53 Å². The predicted octanol–water partition coefficient (Wildman–Crippen LogP) is 2.19. The zero-order valence-electron chi connectivity index (χ0n) is 11.8. The zero-order valence-corrected chi connectivity index (χ0v) is 13.4. The Hall–Kier alpha value is -1.07. The molecule has 0 fully saturated rings. The standard InChI is InChI=1S/C14H21BrN2O2/c1-9(16)8-11-6-5-7-12(15)13(11)19-10(2)14(18)17(3)4/h5-7,9-10H,8,16H2,1-4H3. The van der Waals surface area contributed by atoms with Crippen molar-refractivity contribution in [2.45, 2.75) is 32.4 Å². The maximum absolute atomic E-state index is 11.9. The summed E-state index contributed by atoms with van der Waals surface area (Å²) < 4.78 is 6.64. The lowest BCUT2D eigenvalue weighted by molar-refractivity contribution is -0.135. The van der Waals surface area contributed by atoms with Gasteiger partial charge in [-0.15, -0.1) is 0 Å². The molecule has 0 heterocycles. The first-order chi connectivity index (χ1) is 8.82. The van der Waals surface area contributed by atoms with E-state index in [-0.39, 0.29) is 11.9 Å². The number of rotatable bonds is 5. The van der Waals surface area contributed by atoms with E-state index in [0.29, 0.717) is 12.2 Å². The summed E-state index contributed by atoms with van der Waals surface area (Å²) in [6, 6.07) is 5.84. The van der Waals surface area contributed by atoms with Gasteiger partial charge in [0.05, 0.1) is 4.47 Å². The molecule has 0 aromatic heterocycles. The van der Waals surface area contributed by atoms with Crippen molar-refractivity contribution in [3.63, 3.8) is 0 Å². The number of likely N-dealkylation sites (N-methyl/N-ethyl adjacent to an activating group) is 1. The fourth-order valence-corrected chi connectivity index (χ4v) is 2.28. The van der Waals surface area contributed by atoms with Gasteiger partial charge in [0, 0.05) is 20.1 Å². The molecule has 0 spiro atoms. The Morgan fingerprint density at radius 1 is 1.42 bits per heavy atom. The third-order valence-corrected chi connectivity index (χ3v) is 3.30. The van der Waals surface area contributed by atoms with Crippen LogP contribution in [0.3, 0.4) is 0 Å². The van der Waals surface area contributed by atoms with Gasteiger partial charge in [0.1, 0.15) is 5.75 Å². The Morgan fingerprint density at radius 2 is 2.05 bits per heavy atom. The van der Waals surface area contributed by atoms with Gasteiger partial charge in [-0.25, -0.2) is 0 Å². The fraction of sp³-hybridized carbons (Fsp3) is 0.500. The number of amides is 1. The Labute approximate surface area is 123 Å². The second kappa shape index (κ2) is 6.91. The van der Waals surface area contributed by atoms with Gasteiger partial charge in [-0.3, -0.25) is 4.79 Å². The van der Waals surface area contributed by atoms with Gasteiger partial charge in [0.15, 0.2) is 6.10 Å². The van der Waals surface area contributed by atoms with Crippen LogP contribution in [0.2, 0.25) is 0 Å². The molecule has 19 heavy (non-hydrogen) atoms. The lowest BCUT2D eigenvalue weighted by atomic mass is 10.1. The highest BCUT2D eigenvalue weighted by Crippen LogP contribution is 2.30. The molecule has 1 rings (SSSR count). The number of benzene rings is 1. The van der Waals surface area contributed by atoms with Crippen molar-refractivity contribution >= 4 is 21.8 Å². The number of hydrogen-bond acceptors (Lipinski definition) is 3. The van der Waals surface area contributed by atoms with E-state index in [1.54, 1.807) is 21.0 Å². The molecule has 2 unspecified atom stereocenters. The molecule has 1 amide bonds. The summed E-state index contributed by atoms with van der Waals surface area (Å²) in [5.41, 5.74) is 6.84. The maximum atomic E-state index is 11.9. The van der Waals surface area contributed by atoms with Gasteiger partial charge in [0.2, 0.25) is 0 Å². The van der Waals surface area contributed by atoms with Crippen LogP contribution in [-0.2, 0) is 11.2 Å². The van der Waals surface area contributed by atoms with Crippen LogP contribution in [0, 0.1) is 0 Å². The van der Waals surface area contributed by atoms with Crippen molar-refractivity contribution in [3.8, 4) is 5.75 Å². The van der Waals surface area contributed by atoms with Crippen LogP contribution in [0.15, 0.2) is 22.7 Å². The molecule has 0 aliphatic heterocycles. The number of carbonyl (C=O) groups is 1. The minimum atomic E-state index is -0.527. The Balaban J connectivity index is 2.96. The molecule has 2 atom stereocenters. The molecule has 1 aromatic rings. The molecular weight excluding hydrogens is 308 g/mol. The molecule has 4 nitrogen and oxygen atoms in total. The molecule has 0 aliphatic rings. The minimum absolute atomic E-state index is 0.0384. The number of nitrogens with zero attached hydrogens (tertiary/aromatic N) is 1. The van der Waals surface area contributed by atoms with E-state index in [9.17, 15) is 4.79 Å². The third kappa shape index (κ3) is 4.51. The highest BCUT2D eigenvalue weighted by molar-refractivity contribution is 9.10. The number of hydrogen-bond donors (Lipinski definition) is 1. The summed E-state index contributed by atoms with van der Waals surface area (Å²) in [4.78, 5) is 13.4. The monoisotopic (exact) mass is 328 g/mol. The molecule has 0 radical (unpaired) electrons. The van der Waals surface area contributed by atoms with Crippen molar-refractivity contribution in [2.24, 2.45) is 5.73 Å². The van der Waals surface area contributed by atoms with E-state index in [4.69, 9.17) is 10.5 Å². The zero-order chi connectivity index (χ0) is 14.6. The number of ether oxygens (including phenoxy) is 1. The first-order valence-corrected chi connectivity index (χ1v) is 7.03. The largest absolute Gasteiger partial charge is 0.479 e. The summed E-state index contributed by atoms with van der Waals surface area (Å²) in [5, 5.41) is 0. The van der Waals surface area contributed by atoms with E-state index in [1.165, 1.54) is 4.90 Å². The van der Waals surface area contributed by atoms with Crippen molar-refractivity contribution in [2.75, 3.05) is 14.1 Å². The Bertz CT molecular complexity index is 447. The highest BCUT2D eigenvalue weighted by Gasteiger charge is 2.19. The lowest BCUT2D eigenvalue weighted by Gasteiger charge is -2.21. The topological polar surface area (TPSA) is 55.6 Å². The number of nitrogens with two attached hydrogens (primary N) is 1. The van der Waals surface area contributed by atoms with Gasteiger partial charge in [-0.05, 0) is 47.8 Å². The van der Waals surface area contributed by atoms with Crippen molar-refractivity contribution in [3.05, 3.63) is 28.2 Å². The van der Waals surface area contributed by atoms with Crippen LogP contribution in [0.1, 0.15) is 19.4 Å². The summed E-state index contributed by atoms with van der Waals surface area (Å²) in [7, 11) is 3.43. The van der Waals surface area contributed by atoms with E-state index >= 15 is 0 Å². The molecule has 5 heteroatoms. The smallest absolute Gasteiger partial charge is 0.262 e. The molecule has 0 aliphatic carbocycles. The second-order valence-electron chi connectivity index (χ2n) is 4.90. The highest BCUT2D eigenvalue weighted by atomic mass is 79.9. The summed E-state index contributed by atoms with van der Waals surface area (Å²) in [6.07, 6.45) is 0.179. The predicted molar refractivity (Wildman–Crippen MR) is 80.3 cm³/mol.